The first kappa shape index (κ1) is 17.7. The van der Waals surface area contributed by atoms with Gasteiger partial charge in [0.1, 0.15) is 10.6 Å². The van der Waals surface area contributed by atoms with Gasteiger partial charge in [-0.05, 0) is 25.1 Å². The first-order valence-corrected chi connectivity index (χ1v) is 7.75. The number of methoxy groups -OCH3 is 1. The van der Waals surface area contributed by atoms with Crippen molar-refractivity contribution in [3.05, 3.63) is 23.8 Å². The Hall–Kier alpha value is -1.33. The number of hydrogen-bond acceptors (Lipinski definition) is 5. The van der Waals surface area contributed by atoms with Crippen LogP contribution in [-0.4, -0.2) is 45.5 Å². The number of nitriles is 1. The van der Waals surface area contributed by atoms with Crippen LogP contribution < -0.4 is 10.1 Å². The van der Waals surface area contributed by atoms with Gasteiger partial charge in [-0.2, -0.15) is 9.57 Å². The summed E-state index contributed by atoms with van der Waals surface area (Å²) in [7, 11) is -2.22. The molecule has 116 valence electrons. The molecule has 1 saturated heterocycles. The number of sulfonamides is 1. The summed E-state index contributed by atoms with van der Waals surface area (Å²) in [6.07, 6.45) is 0. The van der Waals surface area contributed by atoms with E-state index in [0.29, 0.717) is 25.2 Å². The zero-order valence-electron chi connectivity index (χ0n) is 11.9. The van der Waals surface area contributed by atoms with Gasteiger partial charge < -0.3 is 10.1 Å². The Bertz CT molecular complexity index is 643. The molecule has 0 aromatic heterocycles. The van der Waals surface area contributed by atoms with E-state index in [1.54, 1.807) is 0 Å². The first-order chi connectivity index (χ1) is 9.50. The minimum absolute atomic E-state index is 0. The van der Waals surface area contributed by atoms with Gasteiger partial charge in [-0.3, -0.25) is 0 Å². The molecule has 8 heteroatoms. The first-order valence-electron chi connectivity index (χ1n) is 6.31. The van der Waals surface area contributed by atoms with Crippen molar-refractivity contribution in [2.75, 3.05) is 26.7 Å². The molecule has 0 spiro atoms. The van der Waals surface area contributed by atoms with Crippen LogP contribution in [0.25, 0.3) is 0 Å². The summed E-state index contributed by atoms with van der Waals surface area (Å²) in [4.78, 5) is 0.104. The average Bonchev–Trinajstić information content (AvgIpc) is 2.46. The highest BCUT2D eigenvalue weighted by Gasteiger charge is 2.33. The third-order valence-corrected chi connectivity index (χ3v) is 5.37. The maximum Gasteiger partial charge on any atom is 0.247 e. The van der Waals surface area contributed by atoms with Crippen LogP contribution in [0.5, 0.6) is 5.75 Å². The van der Waals surface area contributed by atoms with E-state index in [2.05, 4.69) is 5.32 Å². The average molecular weight is 332 g/mol. The Labute approximate surface area is 131 Å². The molecule has 1 fully saturated rings. The zero-order chi connectivity index (χ0) is 14.8. The van der Waals surface area contributed by atoms with Crippen molar-refractivity contribution in [3.63, 3.8) is 0 Å². The predicted octanol–water partition coefficient (Wildman–Crippen LogP) is 0.971. The number of nitrogens with one attached hydrogen (secondary N) is 1. The second kappa shape index (κ2) is 7.09. The van der Waals surface area contributed by atoms with E-state index in [1.807, 2.05) is 13.0 Å². The Kier molecular flexibility index (Phi) is 5.98. The molecule has 0 amide bonds. The Balaban J connectivity index is 0.00000220. The molecule has 21 heavy (non-hydrogen) atoms. The molecule has 2 rings (SSSR count). The molecule has 0 bridgehead atoms. The standard InChI is InChI=1S/C13H17N3O3S.ClH/c1-10-9-15-5-6-16(10)20(17,18)13-4-3-11(8-14)7-12(13)19-2;/h3-4,7,10,15H,5-6,9H2,1-2H3;1H/t10-;/m1./s1. The van der Waals surface area contributed by atoms with E-state index >= 15 is 0 Å². The highest BCUT2D eigenvalue weighted by Crippen LogP contribution is 2.29. The summed E-state index contributed by atoms with van der Waals surface area (Å²) in [5, 5.41) is 12.0. The topological polar surface area (TPSA) is 82.4 Å². The molecule has 1 atom stereocenters. The summed E-state index contributed by atoms with van der Waals surface area (Å²) in [6.45, 7) is 3.53. The van der Waals surface area contributed by atoms with E-state index in [4.69, 9.17) is 10.00 Å². The number of nitrogens with zero attached hydrogens (tertiary/aromatic N) is 2. The van der Waals surface area contributed by atoms with Crippen LogP contribution in [0.4, 0.5) is 0 Å². The quantitative estimate of drug-likeness (QED) is 0.892. The van der Waals surface area contributed by atoms with E-state index in [1.165, 1.54) is 29.6 Å². The van der Waals surface area contributed by atoms with Gasteiger partial charge in [-0.15, -0.1) is 12.4 Å². The SMILES string of the molecule is COc1cc(C#N)ccc1S(=O)(=O)N1CCNC[C@H]1C.Cl. The third-order valence-electron chi connectivity index (χ3n) is 3.32. The fraction of sp³-hybridized carbons (Fsp3) is 0.462. The van der Waals surface area contributed by atoms with Gasteiger partial charge in [0.05, 0.1) is 18.7 Å². The van der Waals surface area contributed by atoms with Crippen LogP contribution in [0.15, 0.2) is 23.1 Å². The molecule has 1 aliphatic rings. The maximum atomic E-state index is 12.7. The fourth-order valence-corrected chi connectivity index (χ4v) is 4.03. The smallest absolute Gasteiger partial charge is 0.247 e. The predicted molar refractivity (Wildman–Crippen MR) is 81.2 cm³/mol. The summed E-state index contributed by atoms with van der Waals surface area (Å²) < 4.78 is 32.0. The van der Waals surface area contributed by atoms with Gasteiger partial charge in [-0.1, -0.05) is 0 Å². The van der Waals surface area contributed by atoms with Gasteiger partial charge >= 0.3 is 0 Å². The summed E-state index contributed by atoms with van der Waals surface area (Å²) in [5.41, 5.74) is 0.370. The van der Waals surface area contributed by atoms with Crippen LogP contribution in [0.1, 0.15) is 12.5 Å². The molecule has 0 saturated carbocycles. The normalized spacial score (nSPS) is 19.4. The van der Waals surface area contributed by atoms with Crippen molar-refractivity contribution in [1.29, 1.82) is 5.26 Å². The van der Waals surface area contributed by atoms with Crippen LogP contribution in [0, 0.1) is 11.3 Å². The molecular formula is C13H18ClN3O3S. The molecule has 0 radical (unpaired) electrons. The van der Waals surface area contributed by atoms with E-state index in [9.17, 15) is 8.42 Å². The van der Waals surface area contributed by atoms with Crippen molar-refractivity contribution < 1.29 is 13.2 Å². The Morgan fingerprint density at radius 1 is 1.48 bits per heavy atom. The van der Waals surface area contributed by atoms with Crippen molar-refractivity contribution in [3.8, 4) is 11.8 Å². The van der Waals surface area contributed by atoms with E-state index < -0.39 is 10.0 Å². The molecular weight excluding hydrogens is 314 g/mol. The zero-order valence-corrected chi connectivity index (χ0v) is 13.5. The van der Waals surface area contributed by atoms with Gasteiger partial charge in [0, 0.05) is 25.7 Å². The fourth-order valence-electron chi connectivity index (χ4n) is 2.26. The lowest BCUT2D eigenvalue weighted by molar-refractivity contribution is 0.282. The summed E-state index contributed by atoms with van der Waals surface area (Å²) in [6, 6.07) is 6.22. The minimum atomic E-state index is -3.62. The maximum absolute atomic E-state index is 12.7. The van der Waals surface area contributed by atoms with Crippen molar-refractivity contribution in [2.45, 2.75) is 17.9 Å². The van der Waals surface area contributed by atoms with Crippen molar-refractivity contribution in [1.82, 2.24) is 9.62 Å². The number of halogens is 1. The molecule has 1 heterocycles. The van der Waals surface area contributed by atoms with Crippen molar-refractivity contribution in [2.24, 2.45) is 0 Å². The Morgan fingerprint density at radius 3 is 2.76 bits per heavy atom. The highest BCUT2D eigenvalue weighted by molar-refractivity contribution is 7.89. The largest absolute Gasteiger partial charge is 0.495 e. The van der Waals surface area contributed by atoms with Crippen LogP contribution in [-0.2, 0) is 10.0 Å². The summed E-state index contributed by atoms with van der Waals surface area (Å²) in [5.74, 6) is 0.204. The molecule has 6 nitrogen and oxygen atoms in total. The number of hydrogen-bond donors (Lipinski definition) is 1. The van der Waals surface area contributed by atoms with Gasteiger partial charge in [0.25, 0.3) is 0 Å². The molecule has 0 unspecified atom stereocenters. The second-order valence-electron chi connectivity index (χ2n) is 4.65. The van der Waals surface area contributed by atoms with Crippen LogP contribution in [0.3, 0.4) is 0 Å². The van der Waals surface area contributed by atoms with Gasteiger partial charge in [-0.25, -0.2) is 8.42 Å². The lowest BCUT2D eigenvalue weighted by Gasteiger charge is -2.33. The third kappa shape index (κ3) is 3.47. The van der Waals surface area contributed by atoms with Gasteiger partial charge in [0.2, 0.25) is 10.0 Å². The van der Waals surface area contributed by atoms with Crippen LogP contribution >= 0.6 is 12.4 Å². The second-order valence-corrected chi connectivity index (χ2v) is 6.51. The van der Waals surface area contributed by atoms with Crippen LogP contribution in [0.2, 0.25) is 0 Å². The molecule has 1 N–H and O–H groups in total. The number of ether oxygens (including phenoxy) is 1. The number of piperazine rings is 1. The van der Waals surface area contributed by atoms with E-state index in [-0.39, 0.29) is 29.1 Å². The lowest BCUT2D eigenvalue weighted by atomic mass is 10.2. The molecule has 1 aromatic rings. The minimum Gasteiger partial charge on any atom is -0.495 e. The van der Waals surface area contributed by atoms with Gasteiger partial charge in [0.15, 0.2) is 0 Å². The summed E-state index contributed by atoms with van der Waals surface area (Å²) >= 11 is 0. The monoisotopic (exact) mass is 331 g/mol. The Morgan fingerprint density at radius 2 is 2.19 bits per heavy atom. The van der Waals surface area contributed by atoms with E-state index in [0.717, 1.165) is 0 Å². The lowest BCUT2D eigenvalue weighted by Crippen LogP contribution is -2.52. The number of rotatable bonds is 3. The highest BCUT2D eigenvalue weighted by atomic mass is 35.5. The molecule has 1 aliphatic heterocycles. The number of benzene rings is 1. The molecule has 1 aromatic carbocycles. The van der Waals surface area contributed by atoms with Crippen molar-refractivity contribution >= 4 is 22.4 Å². The molecule has 0 aliphatic carbocycles.